The first-order valence-electron chi connectivity index (χ1n) is 7.78. The molecule has 0 radical (unpaired) electrons. The molecule has 1 unspecified atom stereocenters. The minimum Gasteiger partial charge on any atom is -0.494 e. The summed E-state index contributed by atoms with van der Waals surface area (Å²) in [6.45, 7) is 6.52. The smallest absolute Gasteiger partial charge is 0.279 e. The highest BCUT2D eigenvalue weighted by molar-refractivity contribution is 8.14. The minimum absolute atomic E-state index is 0.0819. The largest absolute Gasteiger partial charge is 0.494 e. The molecule has 0 N–H and O–H groups in total. The molecular formula is C17H19N3O2S2. The second-order valence-electron chi connectivity index (χ2n) is 5.41. The Morgan fingerprint density at radius 3 is 2.79 bits per heavy atom. The fraction of sp³-hybridized carbons (Fsp3) is 0.353. The van der Waals surface area contributed by atoms with Crippen LogP contribution in [-0.4, -0.2) is 39.4 Å². The Hall–Kier alpha value is -1.86. The van der Waals surface area contributed by atoms with E-state index in [4.69, 9.17) is 4.74 Å². The van der Waals surface area contributed by atoms with Crippen molar-refractivity contribution in [3.63, 3.8) is 0 Å². The van der Waals surface area contributed by atoms with Crippen LogP contribution < -0.4 is 4.74 Å². The molecule has 1 aliphatic heterocycles. The minimum atomic E-state index is -0.0819. The molecule has 1 amide bonds. The molecule has 1 fully saturated rings. The molecule has 3 rings (SSSR count). The van der Waals surface area contributed by atoms with Gasteiger partial charge in [-0.1, -0.05) is 11.8 Å². The van der Waals surface area contributed by atoms with E-state index in [1.165, 1.54) is 11.3 Å². The van der Waals surface area contributed by atoms with Crippen molar-refractivity contribution in [1.29, 1.82) is 0 Å². The number of amides is 1. The van der Waals surface area contributed by atoms with Gasteiger partial charge in [0.1, 0.15) is 11.4 Å². The normalized spacial score (nSPS) is 19.0. The van der Waals surface area contributed by atoms with Gasteiger partial charge in [-0.15, -0.1) is 11.3 Å². The van der Waals surface area contributed by atoms with Crippen molar-refractivity contribution < 1.29 is 9.53 Å². The number of amidine groups is 1. The number of rotatable bonds is 4. The lowest BCUT2D eigenvalue weighted by Gasteiger charge is -2.19. The lowest BCUT2D eigenvalue weighted by molar-refractivity contribution is 0.0823. The molecule has 1 aromatic heterocycles. The number of aromatic nitrogens is 1. The standard InChI is InChI=1S/C17H19N3O2S2/c1-4-22-14-7-5-13(6-8-14)19-17-20(11(2)9-24-17)16(21)15-10-23-12(3)18-15/h5-8,10-11H,4,9H2,1-3H3. The number of carbonyl (C=O) groups is 1. The van der Waals surface area contributed by atoms with Gasteiger partial charge in [-0.3, -0.25) is 9.69 Å². The summed E-state index contributed by atoms with van der Waals surface area (Å²) >= 11 is 3.08. The molecule has 7 heteroatoms. The molecule has 1 saturated heterocycles. The third-order valence-electron chi connectivity index (χ3n) is 3.53. The van der Waals surface area contributed by atoms with E-state index in [0.29, 0.717) is 12.3 Å². The van der Waals surface area contributed by atoms with E-state index in [9.17, 15) is 4.79 Å². The predicted octanol–water partition coefficient (Wildman–Crippen LogP) is 4.12. The summed E-state index contributed by atoms with van der Waals surface area (Å²) in [6.07, 6.45) is 0. The number of hydrogen-bond donors (Lipinski definition) is 0. The summed E-state index contributed by atoms with van der Waals surface area (Å²) in [5.41, 5.74) is 1.30. The van der Waals surface area contributed by atoms with Crippen LogP contribution in [0.1, 0.15) is 29.3 Å². The van der Waals surface area contributed by atoms with Crippen LogP contribution in [0.25, 0.3) is 0 Å². The Balaban J connectivity index is 1.84. The van der Waals surface area contributed by atoms with Gasteiger partial charge >= 0.3 is 0 Å². The van der Waals surface area contributed by atoms with Gasteiger partial charge in [0.15, 0.2) is 5.17 Å². The van der Waals surface area contributed by atoms with Crippen molar-refractivity contribution in [1.82, 2.24) is 9.88 Å². The zero-order chi connectivity index (χ0) is 17.1. The fourth-order valence-electron chi connectivity index (χ4n) is 2.38. The van der Waals surface area contributed by atoms with Gasteiger partial charge in [0, 0.05) is 17.2 Å². The van der Waals surface area contributed by atoms with Crippen LogP contribution >= 0.6 is 23.1 Å². The molecule has 0 aliphatic carbocycles. The molecule has 1 aromatic carbocycles. The molecule has 0 spiro atoms. The number of nitrogens with zero attached hydrogens (tertiary/aromatic N) is 3. The van der Waals surface area contributed by atoms with E-state index in [1.807, 2.05) is 50.4 Å². The second-order valence-corrected chi connectivity index (χ2v) is 7.46. The molecule has 2 aromatic rings. The topological polar surface area (TPSA) is 54.8 Å². The lowest BCUT2D eigenvalue weighted by Crippen LogP contribution is -2.37. The molecule has 2 heterocycles. The lowest BCUT2D eigenvalue weighted by atomic mass is 10.3. The molecular weight excluding hydrogens is 342 g/mol. The Morgan fingerprint density at radius 2 is 2.17 bits per heavy atom. The molecule has 5 nitrogen and oxygen atoms in total. The van der Waals surface area contributed by atoms with Gasteiger partial charge in [-0.25, -0.2) is 9.98 Å². The number of benzene rings is 1. The SMILES string of the molecule is CCOc1ccc(N=C2SCC(C)N2C(=O)c2csc(C)n2)cc1. The van der Waals surface area contributed by atoms with Crippen molar-refractivity contribution >= 4 is 39.9 Å². The van der Waals surface area contributed by atoms with Crippen LogP contribution in [0.15, 0.2) is 34.6 Å². The van der Waals surface area contributed by atoms with Gasteiger partial charge in [0.05, 0.1) is 17.3 Å². The van der Waals surface area contributed by atoms with Crippen LogP contribution in [0.5, 0.6) is 5.75 Å². The first-order chi connectivity index (χ1) is 11.6. The maximum atomic E-state index is 12.8. The summed E-state index contributed by atoms with van der Waals surface area (Å²) < 4.78 is 5.44. The van der Waals surface area contributed by atoms with Gasteiger partial charge in [-0.05, 0) is 45.0 Å². The first kappa shape index (κ1) is 17.0. The summed E-state index contributed by atoms with van der Waals surface area (Å²) in [4.78, 5) is 23.5. The van der Waals surface area contributed by atoms with Crippen LogP contribution in [0, 0.1) is 6.92 Å². The van der Waals surface area contributed by atoms with E-state index >= 15 is 0 Å². The van der Waals surface area contributed by atoms with Gasteiger partial charge < -0.3 is 4.74 Å². The number of aliphatic imine (C=N–C) groups is 1. The van der Waals surface area contributed by atoms with Crippen molar-refractivity contribution in [3.05, 3.63) is 40.3 Å². The van der Waals surface area contributed by atoms with Gasteiger partial charge in [0.25, 0.3) is 5.91 Å². The van der Waals surface area contributed by atoms with E-state index in [1.54, 1.807) is 16.7 Å². The maximum Gasteiger partial charge on any atom is 0.279 e. The summed E-state index contributed by atoms with van der Waals surface area (Å²) in [5, 5.41) is 3.42. The number of thioether (sulfide) groups is 1. The third-order valence-corrected chi connectivity index (χ3v) is 5.50. The molecule has 24 heavy (non-hydrogen) atoms. The predicted molar refractivity (Wildman–Crippen MR) is 99.6 cm³/mol. The molecule has 126 valence electrons. The molecule has 1 aliphatic rings. The average molecular weight is 361 g/mol. The van der Waals surface area contributed by atoms with Crippen molar-refractivity contribution in [3.8, 4) is 5.75 Å². The van der Waals surface area contributed by atoms with Gasteiger partial charge in [0.2, 0.25) is 0 Å². The zero-order valence-electron chi connectivity index (χ0n) is 13.9. The molecule has 0 saturated carbocycles. The number of hydrogen-bond acceptors (Lipinski definition) is 6. The van der Waals surface area contributed by atoms with Crippen LogP contribution in [0.4, 0.5) is 5.69 Å². The highest BCUT2D eigenvalue weighted by atomic mass is 32.2. The monoisotopic (exact) mass is 361 g/mol. The number of carbonyl (C=O) groups excluding carboxylic acids is 1. The Morgan fingerprint density at radius 1 is 1.42 bits per heavy atom. The van der Waals surface area contributed by atoms with E-state index in [2.05, 4.69) is 9.98 Å². The number of ether oxygens (including phenoxy) is 1. The highest BCUT2D eigenvalue weighted by Gasteiger charge is 2.33. The second kappa shape index (κ2) is 7.36. The van der Waals surface area contributed by atoms with E-state index in [0.717, 1.165) is 27.4 Å². The van der Waals surface area contributed by atoms with Crippen molar-refractivity contribution in [2.24, 2.45) is 4.99 Å². The van der Waals surface area contributed by atoms with Crippen molar-refractivity contribution in [2.75, 3.05) is 12.4 Å². The quantitative estimate of drug-likeness (QED) is 0.822. The van der Waals surface area contributed by atoms with Crippen molar-refractivity contribution in [2.45, 2.75) is 26.8 Å². The van der Waals surface area contributed by atoms with Crippen LogP contribution in [0.3, 0.4) is 0 Å². The van der Waals surface area contributed by atoms with E-state index in [-0.39, 0.29) is 11.9 Å². The zero-order valence-corrected chi connectivity index (χ0v) is 15.5. The number of aryl methyl sites for hydroxylation is 1. The fourth-order valence-corrected chi connectivity index (χ4v) is 4.08. The van der Waals surface area contributed by atoms with E-state index < -0.39 is 0 Å². The summed E-state index contributed by atoms with van der Waals surface area (Å²) in [6, 6.07) is 7.68. The van der Waals surface area contributed by atoms with Gasteiger partial charge in [-0.2, -0.15) is 0 Å². The number of thiazole rings is 1. The van der Waals surface area contributed by atoms with Crippen LogP contribution in [0.2, 0.25) is 0 Å². The Kier molecular flexibility index (Phi) is 5.20. The molecule has 0 bridgehead atoms. The maximum absolute atomic E-state index is 12.8. The summed E-state index contributed by atoms with van der Waals surface area (Å²) in [5.74, 6) is 1.58. The summed E-state index contributed by atoms with van der Waals surface area (Å²) in [7, 11) is 0. The average Bonchev–Trinajstić information content (AvgIpc) is 3.15. The Labute approximate surface area is 149 Å². The highest BCUT2D eigenvalue weighted by Crippen LogP contribution is 2.29. The molecule has 1 atom stereocenters. The first-order valence-corrected chi connectivity index (χ1v) is 9.65. The van der Waals surface area contributed by atoms with Crippen LogP contribution in [-0.2, 0) is 0 Å². The Bertz CT molecular complexity index is 755. The third kappa shape index (κ3) is 3.62.